The molecule has 0 saturated carbocycles. The summed E-state index contributed by atoms with van der Waals surface area (Å²) in [7, 11) is 0. The van der Waals surface area contributed by atoms with Gasteiger partial charge in [0.25, 0.3) is 0 Å². The molecule has 1 rings (SSSR count). The first-order valence-corrected chi connectivity index (χ1v) is 3.41. The topological polar surface area (TPSA) is 49.8 Å². The van der Waals surface area contributed by atoms with Crippen LogP contribution in [0.25, 0.3) is 0 Å². The molecule has 0 aliphatic carbocycles. The quantitative estimate of drug-likeness (QED) is 0.613. The van der Waals surface area contributed by atoms with E-state index in [0.717, 1.165) is 5.69 Å². The monoisotopic (exact) mass is 150 g/mol. The minimum absolute atomic E-state index is 0.568. The van der Waals surface area contributed by atoms with E-state index in [4.69, 9.17) is 9.78 Å². The minimum Gasteiger partial charge on any atom is -0.359 e. The summed E-state index contributed by atoms with van der Waals surface area (Å²) in [5.41, 5.74) is 0.240. The van der Waals surface area contributed by atoms with Crippen molar-refractivity contribution >= 4 is 0 Å². The van der Waals surface area contributed by atoms with E-state index in [9.17, 15) is 0 Å². The van der Waals surface area contributed by atoms with Crippen LogP contribution in [0.5, 0.6) is 0 Å². The van der Waals surface area contributed by atoms with E-state index in [-0.39, 0.29) is 0 Å². The van der Waals surface area contributed by atoms with E-state index in [0.29, 0.717) is 5.76 Å². The Morgan fingerprint density at radius 2 is 2.27 bits per heavy atom. The van der Waals surface area contributed by atoms with Crippen LogP contribution in [0.1, 0.15) is 25.3 Å². The van der Waals surface area contributed by atoms with Crippen molar-refractivity contribution in [3.63, 3.8) is 0 Å². The fourth-order valence-corrected chi connectivity index (χ4v) is 0.713. The molecule has 0 bridgehead atoms. The molecule has 1 aromatic heterocycles. The Bertz CT molecular complexity index is 293. The smallest absolute Gasteiger partial charge is 0.156 e. The summed E-state index contributed by atoms with van der Waals surface area (Å²) >= 11 is 0. The predicted octanol–water partition coefficient (Wildman–Crippen LogP) is 1.78. The van der Waals surface area contributed by atoms with Gasteiger partial charge in [-0.3, -0.25) is 0 Å². The number of hydrogen-bond acceptors (Lipinski definition) is 3. The Kier molecular flexibility index (Phi) is 1.69. The van der Waals surface area contributed by atoms with Crippen molar-refractivity contribution in [2.75, 3.05) is 0 Å². The van der Waals surface area contributed by atoms with Gasteiger partial charge in [0, 0.05) is 6.07 Å². The van der Waals surface area contributed by atoms with Gasteiger partial charge < -0.3 is 4.52 Å². The highest BCUT2D eigenvalue weighted by Gasteiger charge is 2.24. The maximum absolute atomic E-state index is 8.72. The predicted molar refractivity (Wildman–Crippen MR) is 39.9 cm³/mol. The number of aromatic nitrogens is 1. The highest BCUT2D eigenvalue weighted by molar-refractivity contribution is 5.21. The Morgan fingerprint density at radius 3 is 2.64 bits per heavy atom. The van der Waals surface area contributed by atoms with Gasteiger partial charge in [-0.05, 0) is 20.8 Å². The zero-order valence-electron chi connectivity index (χ0n) is 6.88. The molecule has 0 amide bonds. The highest BCUT2D eigenvalue weighted by atomic mass is 16.5. The number of aryl methyl sites for hydroxylation is 1. The SMILES string of the molecule is Cc1cc(C(C)(C)C#N)on1. The van der Waals surface area contributed by atoms with Crippen molar-refractivity contribution in [2.24, 2.45) is 0 Å². The molecular formula is C8H10N2O. The maximum Gasteiger partial charge on any atom is 0.156 e. The third kappa shape index (κ3) is 1.40. The number of nitriles is 1. The fourth-order valence-electron chi connectivity index (χ4n) is 0.713. The highest BCUT2D eigenvalue weighted by Crippen LogP contribution is 2.22. The molecule has 3 heteroatoms. The molecule has 0 aliphatic heterocycles. The van der Waals surface area contributed by atoms with Gasteiger partial charge in [0.15, 0.2) is 5.76 Å². The normalized spacial score (nSPS) is 11.1. The van der Waals surface area contributed by atoms with Crippen molar-refractivity contribution in [1.29, 1.82) is 5.26 Å². The van der Waals surface area contributed by atoms with Crippen LogP contribution in [0.15, 0.2) is 10.6 Å². The molecule has 1 aromatic rings. The number of rotatable bonds is 1. The van der Waals surface area contributed by atoms with Gasteiger partial charge in [-0.25, -0.2) is 0 Å². The van der Waals surface area contributed by atoms with E-state index >= 15 is 0 Å². The van der Waals surface area contributed by atoms with E-state index < -0.39 is 5.41 Å². The first-order chi connectivity index (χ1) is 5.06. The molecule has 0 unspecified atom stereocenters. The third-order valence-electron chi connectivity index (χ3n) is 1.52. The first-order valence-electron chi connectivity index (χ1n) is 3.41. The number of hydrogen-bond donors (Lipinski definition) is 0. The Hall–Kier alpha value is -1.30. The van der Waals surface area contributed by atoms with Crippen LogP contribution in [-0.4, -0.2) is 5.16 Å². The molecular weight excluding hydrogens is 140 g/mol. The molecule has 0 fully saturated rings. The summed E-state index contributed by atoms with van der Waals surface area (Å²) in [5.74, 6) is 0.623. The van der Waals surface area contributed by atoms with Gasteiger partial charge in [0.05, 0.1) is 11.8 Å². The first kappa shape index (κ1) is 7.80. The molecule has 0 spiro atoms. The summed E-state index contributed by atoms with van der Waals surface area (Å²) in [6, 6.07) is 3.92. The third-order valence-corrected chi connectivity index (χ3v) is 1.52. The summed E-state index contributed by atoms with van der Waals surface area (Å²) in [4.78, 5) is 0. The molecule has 58 valence electrons. The number of nitrogens with zero attached hydrogens (tertiary/aromatic N) is 2. The van der Waals surface area contributed by atoms with Crippen molar-refractivity contribution in [3.05, 3.63) is 17.5 Å². The van der Waals surface area contributed by atoms with Crippen molar-refractivity contribution in [2.45, 2.75) is 26.2 Å². The average molecular weight is 150 g/mol. The van der Waals surface area contributed by atoms with Gasteiger partial charge >= 0.3 is 0 Å². The average Bonchev–Trinajstić information content (AvgIpc) is 2.36. The fraction of sp³-hybridized carbons (Fsp3) is 0.500. The lowest BCUT2D eigenvalue weighted by Gasteiger charge is -2.08. The van der Waals surface area contributed by atoms with Gasteiger partial charge in [-0.2, -0.15) is 5.26 Å². The molecule has 0 radical (unpaired) electrons. The van der Waals surface area contributed by atoms with Crippen LogP contribution in [-0.2, 0) is 5.41 Å². The zero-order chi connectivity index (χ0) is 8.48. The van der Waals surface area contributed by atoms with Crippen LogP contribution in [0.3, 0.4) is 0 Å². The molecule has 0 N–H and O–H groups in total. The molecule has 1 heterocycles. The summed E-state index contributed by atoms with van der Waals surface area (Å²) < 4.78 is 4.95. The van der Waals surface area contributed by atoms with Gasteiger partial charge in [0.1, 0.15) is 5.41 Å². The molecule has 0 aliphatic rings. The Morgan fingerprint density at radius 1 is 1.64 bits per heavy atom. The molecule has 0 aromatic carbocycles. The summed E-state index contributed by atoms with van der Waals surface area (Å²) in [6.07, 6.45) is 0. The van der Waals surface area contributed by atoms with Gasteiger partial charge in [-0.15, -0.1) is 0 Å². The van der Waals surface area contributed by atoms with E-state index in [1.165, 1.54) is 0 Å². The molecule has 3 nitrogen and oxygen atoms in total. The second-order valence-electron chi connectivity index (χ2n) is 3.07. The van der Waals surface area contributed by atoms with Gasteiger partial charge in [-0.1, -0.05) is 5.16 Å². The second kappa shape index (κ2) is 2.39. The Labute approximate surface area is 65.6 Å². The van der Waals surface area contributed by atoms with Crippen LogP contribution in [0, 0.1) is 18.3 Å². The Balaban J connectivity index is 3.04. The van der Waals surface area contributed by atoms with Crippen LogP contribution >= 0.6 is 0 Å². The van der Waals surface area contributed by atoms with Crippen molar-refractivity contribution in [1.82, 2.24) is 5.16 Å². The molecule has 0 saturated heterocycles. The second-order valence-corrected chi connectivity index (χ2v) is 3.07. The zero-order valence-corrected chi connectivity index (χ0v) is 6.88. The standard InChI is InChI=1S/C8H10N2O/c1-6-4-7(11-10-6)8(2,3)5-9/h4H,1-3H3. The lowest BCUT2D eigenvalue weighted by atomic mass is 9.92. The van der Waals surface area contributed by atoms with Crippen molar-refractivity contribution in [3.8, 4) is 6.07 Å². The summed E-state index contributed by atoms with van der Waals surface area (Å²) in [5, 5.41) is 12.4. The lowest BCUT2D eigenvalue weighted by Crippen LogP contribution is -2.12. The van der Waals surface area contributed by atoms with E-state index in [1.54, 1.807) is 19.9 Å². The minimum atomic E-state index is -0.568. The van der Waals surface area contributed by atoms with Gasteiger partial charge in [0.2, 0.25) is 0 Å². The molecule has 11 heavy (non-hydrogen) atoms. The lowest BCUT2D eigenvalue weighted by molar-refractivity contribution is 0.345. The van der Waals surface area contributed by atoms with Crippen LogP contribution in [0.4, 0.5) is 0 Å². The van der Waals surface area contributed by atoms with E-state index in [1.807, 2.05) is 6.92 Å². The van der Waals surface area contributed by atoms with E-state index in [2.05, 4.69) is 11.2 Å². The molecule has 0 atom stereocenters. The summed E-state index contributed by atoms with van der Waals surface area (Å²) in [6.45, 7) is 5.43. The van der Waals surface area contributed by atoms with Crippen molar-refractivity contribution < 1.29 is 4.52 Å². The van der Waals surface area contributed by atoms with Crippen LogP contribution in [0.2, 0.25) is 0 Å². The van der Waals surface area contributed by atoms with Crippen LogP contribution < -0.4 is 0 Å². The largest absolute Gasteiger partial charge is 0.359 e. The maximum atomic E-state index is 8.72.